The molecule has 1 rings (SSSR count). The molecule has 0 aliphatic carbocycles. The minimum Gasteiger partial charge on any atom is -0.399 e. The lowest BCUT2D eigenvalue weighted by Gasteiger charge is -2.09. The Morgan fingerprint density at radius 1 is 1.38 bits per heavy atom. The summed E-state index contributed by atoms with van der Waals surface area (Å²) in [5, 5.41) is -0.490. The number of rotatable bonds is 2. The lowest BCUT2D eigenvalue weighted by molar-refractivity contribution is 0.592. The number of nitrogens with two attached hydrogens (primary N) is 1. The van der Waals surface area contributed by atoms with Crippen molar-refractivity contribution in [2.45, 2.75) is 12.2 Å². The average Bonchev–Trinajstić information content (AvgIpc) is 2.01. The zero-order valence-electron chi connectivity index (χ0n) is 7.69. The van der Waals surface area contributed by atoms with Gasteiger partial charge in [-0.1, -0.05) is 12.1 Å². The minimum absolute atomic E-state index is 0.490. The van der Waals surface area contributed by atoms with Gasteiger partial charge in [0.05, 0.1) is 5.25 Å². The summed E-state index contributed by atoms with van der Waals surface area (Å²) in [6.45, 7) is 1.66. The van der Waals surface area contributed by atoms with E-state index < -0.39 is 15.1 Å². The van der Waals surface area contributed by atoms with Gasteiger partial charge in [0, 0.05) is 11.9 Å². The van der Waals surface area contributed by atoms with Crippen molar-refractivity contribution >= 4 is 15.5 Å². The van der Waals surface area contributed by atoms with E-state index in [0.717, 1.165) is 5.56 Å². The normalized spacial score (nSPS) is 14.0. The Hall–Kier alpha value is -1.03. The zero-order chi connectivity index (χ0) is 10.1. The third-order valence-electron chi connectivity index (χ3n) is 2.02. The Bertz CT molecular complexity index is 398. The number of anilines is 1. The highest BCUT2D eigenvalue weighted by molar-refractivity contribution is 7.90. The van der Waals surface area contributed by atoms with E-state index in [1.165, 1.54) is 6.26 Å². The van der Waals surface area contributed by atoms with Crippen molar-refractivity contribution in [2.75, 3.05) is 12.0 Å². The molecule has 0 aliphatic rings. The highest BCUT2D eigenvalue weighted by Gasteiger charge is 2.16. The van der Waals surface area contributed by atoms with Crippen molar-refractivity contribution < 1.29 is 8.42 Å². The second-order valence-electron chi connectivity index (χ2n) is 3.14. The summed E-state index contributed by atoms with van der Waals surface area (Å²) in [5.74, 6) is 0. The van der Waals surface area contributed by atoms with Crippen LogP contribution in [0.5, 0.6) is 0 Å². The number of hydrogen-bond donors (Lipinski definition) is 1. The van der Waals surface area contributed by atoms with E-state index in [2.05, 4.69) is 0 Å². The maximum atomic E-state index is 11.2. The topological polar surface area (TPSA) is 60.2 Å². The van der Waals surface area contributed by atoms with Crippen LogP contribution in [0.2, 0.25) is 0 Å². The van der Waals surface area contributed by atoms with Crippen LogP contribution in [0, 0.1) is 0 Å². The molecule has 0 aromatic heterocycles. The number of sulfone groups is 1. The molecule has 0 saturated carbocycles. The first-order valence-corrected chi connectivity index (χ1v) is 5.91. The predicted molar refractivity (Wildman–Crippen MR) is 54.1 cm³/mol. The van der Waals surface area contributed by atoms with E-state index in [4.69, 9.17) is 5.73 Å². The second kappa shape index (κ2) is 3.38. The molecule has 1 aromatic carbocycles. The third-order valence-corrected chi connectivity index (χ3v) is 3.58. The van der Waals surface area contributed by atoms with Crippen LogP contribution in [0.3, 0.4) is 0 Å². The van der Waals surface area contributed by atoms with E-state index >= 15 is 0 Å². The van der Waals surface area contributed by atoms with Crippen LogP contribution in [0.15, 0.2) is 24.3 Å². The van der Waals surface area contributed by atoms with Crippen molar-refractivity contribution in [3.63, 3.8) is 0 Å². The van der Waals surface area contributed by atoms with Crippen molar-refractivity contribution in [1.29, 1.82) is 0 Å². The smallest absolute Gasteiger partial charge is 0.154 e. The SMILES string of the molecule is C[C@H](c1cccc(N)c1)S(C)(=O)=O. The van der Waals surface area contributed by atoms with Crippen LogP contribution < -0.4 is 5.73 Å². The summed E-state index contributed by atoms with van der Waals surface area (Å²) >= 11 is 0. The molecule has 0 saturated heterocycles. The molecule has 0 heterocycles. The van der Waals surface area contributed by atoms with Gasteiger partial charge in [-0.25, -0.2) is 8.42 Å². The fourth-order valence-electron chi connectivity index (χ4n) is 1.06. The zero-order valence-corrected chi connectivity index (χ0v) is 8.51. The Morgan fingerprint density at radius 3 is 2.46 bits per heavy atom. The van der Waals surface area contributed by atoms with Crippen LogP contribution >= 0.6 is 0 Å². The summed E-state index contributed by atoms with van der Waals surface area (Å²) in [6.07, 6.45) is 1.22. The highest BCUT2D eigenvalue weighted by atomic mass is 32.2. The van der Waals surface area contributed by atoms with E-state index in [1.807, 2.05) is 0 Å². The van der Waals surface area contributed by atoms with E-state index in [9.17, 15) is 8.42 Å². The third kappa shape index (κ3) is 2.45. The van der Waals surface area contributed by atoms with Crippen LogP contribution in [0.25, 0.3) is 0 Å². The number of hydrogen-bond acceptors (Lipinski definition) is 3. The molecule has 4 heteroatoms. The molecule has 0 aliphatic heterocycles. The standard InChI is InChI=1S/C9H13NO2S/c1-7(13(2,11)12)8-4-3-5-9(10)6-8/h3-7H,10H2,1-2H3/t7-/m1/s1. The summed E-state index contributed by atoms with van der Waals surface area (Å²) in [4.78, 5) is 0. The molecule has 0 fully saturated rings. The Labute approximate surface area is 78.5 Å². The molecule has 1 atom stereocenters. The first kappa shape index (κ1) is 10.1. The summed E-state index contributed by atoms with van der Waals surface area (Å²) < 4.78 is 22.4. The van der Waals surface area contributed by atoms with Crippen molar-refractivity contribution in [2.24, 2.45) is 0 Å². The van der Waals surface area contributed by atoms with Crippen molar-refractivity contribution in [1.82, 2.24) is 0 Å². The predicted octanol–water partition coefficient (Wildman–Crippen LogP) is 1.37. The quantitative estimate of drug-likeness (QED) is 0.732. The average molecular weight is 199 g/mol. The lowest BCUT2D eigenvalue weighted by atomic mass is 10.1. The van der Waals surface area contributed by atoms with Gasteiger partial charge in [0.15, 0.2) is 9.84 Å². The molecule has 0 unspecified atom stereocenters. The van der Waals surface area contributed by atoms with Crippen molar-refractivity contribution in [3.8, 4) is 0 Å². The molecule has 72 valence electrons. The Morgan fingerprint density at radius 2 is 2.00 bits per heavy atom. The molecule has 0 spiro atoms. The van der Waals surface area contributed by atoms with Gasteiger partial charge in [0.25, 0.3) is 0 Å². The fourth-order valence-corrected chi connectivity index (χ4v) is 1.70. The minimum atomic E-state index is -3.03. The Balaban J connectivity index is 3.10. The van der Waals surface area contributed by atoms with Gasteiger partial charge in [-0.05, 0) is 24.6 Å². The number of benzene rings is 1. The maximum Gasteiger partial charge on any atom is 0.154 e. The fraction of sp³-hybridized carbons (Fsp3) is 0.333. The van der Waals surface area contributed by atoms with Gasteiger partial charge >= 0.3 is 0 Å². The van der Waals surface area contributed by atoms with Gasteiger partial charge in [-0.15, -0.1) is 0 Å². The van der Waals surface area contributed by atoms with E-state index in [0.29, 0.717) is 5.69 Å². The second-order valence-corrected chi connectivity index (χ2v) is 5.51. The summed E-state index contributed by atoms with van der Waals surface area (Å²) in [5.41, 5.74) is 6.87. The van der Waals surface area contributed by atoms with Gasteiger partial charge < -0.3 is 5.73 Å². The van der Waals surface area contributed by atoms with E-state index in [-0.39, 0.29) is 0 Å². The summed E-state index contributed by atoms with van der Waals surface area (Å²) in [7, 11) is -3.03. The molecule has 13 heavy (non-hydrogen) atoms. The van der Waals surface area contributed by atoms with Gasteiger partial charge in [0.1, 0.15) is 0 Å². The molecule has 2 N–H and O–H groups in total. The lowest BCUT2D eigenvalue weighted by Crippen LogP contribution is -2.07. The van der Waals surface area contributed by atoms with Crippen LogP contribution in [-0.2, 0) is 9.84 Å². The molecule has 1 aromatic rings. The van der Waals surface area contributed by atoms with Crippen LogP contribution in [0.4, 0.5) is 5.69 Å². The molecular formula is C9H13NO2S. The van der Waals surface area contributed by atoms with Gasteiger partial charge in [-0.3, -0.25) is 0 Å². The van der Waals surface area contributed by atoms with Crippen LogP contribution in [-0.4, -0.2) is 14.7 Å². The van der Waals surface area contributed by atoms with Gasteiger partial charge in [0.2, 0.25) is 0 Å². The highest BCUT2D eigenvalue weighted by Crippen LogP contribution is 2.22. The maximum absolute atomic E-state index is 11.2. The first-order chi connectivity index (χ1) is 5.91. The first-order valence-electron chi connectivity index (χ1n) is 3.95. The largest absolute Gasteiger partial charge is 0.399 e. The molecular weight excluding hydrogens is 186 g/mol. The van der Waals surface area contributed by atoms with Gasteiger partial charge in [-0.2, -0.15) is 0 Å². The monoisotopic (exact) mass is 199 g/mol. The van der Waals surface area contributed by atoms with Crippen molar-refractivity contribution in [3.05, 3.63) is 29.8 Å². The summed E-state index contributed by atoms with van der Waals surface area (Å²) in [6, 6.07) is 6.94. The number of nitrogen functional groups attached to an aromatic ring is 1. The van der Waals surface area contributed by atoms with Crippen LogP contribution in [0.1, 0.15) is 17.7 Å². The molecule has 0 amide bonds. The molecule has 0 bridgehead atoms. The molecule has 0 radical (unpaired) electrons. The molecule has 3 nitrogen and oxygen atoms in total. The Kier molecular flexibility index (Phi) is 2.61. The van der Waals surface area contributed by atoms with E-state index in [1.54, 1.807) is 31.2 Å².